The normalized spacial score (nSPS) is 37.5. The fraction of sp³-hybridized carbons (Fsp3) is 0.720. The summed E-state index contributed by atoms with van der Waals surface area (Å²) in [6, 6.07) is 0. The van der Waals surface area contributed by atoms with Crippen LogP contribution in [0.3, 0.4) is 0 Å². The Bertz CT molecular complexity index is 963. The molecule has 0 aromatic carbocycles. The van der Waals surface area contributed by atoms with Gasteiger partial charge in [-0.25, -0.2) is 4.98 Å². The van der Waals surface area contributed by atoms with Crippen LogP contribution in [0.25, 0.3) is 6.08 Å². The molecule has 0 bridgehead atoms. The molecule has 2 aliphatic heterocycles. The van der Waals surface area contributed by atoms with Gasteiger partial charge in [0, 0.05) is 30.7 Å². The Morgan fingerprint density at radius 3 is 2.57 bits per heavy atom. The molecule has 7 atom stereocenters. The molecule has 0 spiro atoms. The molecule has 3 heterocycles. The van der Waals surface area contributed by atoms with Gasteiger partial charge in [-0.1, -0.05) is 32.4 Å². The Morgan fingerprint density at radius 1 is 1.26 bits per heavy atom. The molecular formula is C25H36ClNO7S. The van der Waals surface area contributed by atoms with Crippen LogP contribution in [-0.4, -0.2) is 69.7 Å². The second-order valence-corrected chi connectivity index (χ2v) is 11.9. The highest BCUT2D eigenvalue weighted by Crippen LogP contribution is 2.44. The first-order valence-corrected chi connectivity index (χ1v) is 13.2. The van der Waals surface area contributed by atoms with E-state index in [-0.39, 0.29) is 11.9 Å². The van der Waals surface area contributed by atoms with Crippen molar-refractivity contribution < 1.29 is 34.0 Å². The molecule has 2 fully saturated rings. The van der Waals surface area contributed by atoms with Crippen LogP contribution in [0.2, 0.25) is 0 Å². The molecule has 2 N–H and O–H groups in total. The second-order valence-electron chi connectivity index (χ2n) is 10.4. The zero-order valence-electron chi connectivity index (χ0n) is 21.1. The summed E-state index contributed by atoms with van der Waals surface area (Å²) in [5.74, 6) is -1.84. The number of Topliss-reactive ketones (excluding diaryl/α,β-unsaturated/α-hetero) is 1. The second kappa shape index (κ2) is 10.9. The van der Waals surface area contributed by atoms with E-state index >= 15 is 0 Å². The number of nitrogens with zero attached hydrogens (tertiary/aromatic N) is 1. The maximum Gasteiger partial charge on any atom is 0.309 e. The number of carbonyl (C=O) groups excluding carboxylic acids is 2. The average molecular weight is 530 g/mol. The number of cyclic esters (lactones) is 1. The van der Waals surface area contributed by atoms with Crippen LogP contribution in [0.5, 0.6) is 0 Å². The van der Waals surface area contributed by atoms with Gasteiger partial charge in [0.15, 0.2) is 0 Å². The first-order valence-electron chi connectivity index (χ1n) is 11.9. The fourth-order valence-corrected chi connectivity index (χ4v) is 5.19. The van der Waals surface area contributed by atoms with Crippen molar-refractivity contribution in [2.75, 3.05) is 6.61 Å². The van der Waals surface area contributed by atoms with Gasteiger partial charge in [0.1, 0.15) is 11.9 Å². The van der Waals surface area contributed by atoms with E-state index in [1.165, 1.54) is 11.3 Å². The number of aliphatic hydroxyl groups is 2. The lowest BCUT2D eigenvalue weighted by atomic mass is 9.74. The summed E-state index contributed by atoms with van der Waals surface area (Å²) < 4.78 is 17.4. The van der Waals surface area contributed by atoms with Gasteiger partial charge in [-0.3, -0.25) is 9.59 Å². The molecule has 0 amide bonds. The average Bonchev–Trinajstić information content (AvgIpc) is 3.22. The van der Waals surface area contributed by atoms with Gasteiger partial charge in [0.05, 0.1) is 57.6 Å². The van der Waals surface area contributed by atoms with E-state index in [2.05, 4.69) is 4.98 Å². The topological polar surface area (TPSA) is 118 Å². The number of ketones is 1. The van der Waals surface area contributed by atoms with Gasteiger partial charge in [0.2, 0.25) is 0 Å². The molecule has 0 unspecified atom stereocenters. The standard InChI is InChI=1S/C25H36ClNO7S/c1-13-22(30)14(2)32-8-7-25(6)20(34-25)10-18(17(26)9-16-12-35-15(3)27-16)33-21(29)11-19(28)24(4,5)23(13)31/h9,12-14,18-20,22,28,30H,7-8,10-11H2,1-6H3/t13-,14-,18+,19+,20+,22+,25-/m1/s1. The van der Waals surface area contributed by atoms with Crippen molar-refractivity contribution in [3.8, 4) is 0 Å². The smallest absolute Gasteiger partial charge is 0.309 e. The van der Waals surface area contributed by atoms with Crippen LogP contribution in [0, 0.1) is 18.3 Å². The van der Waals surface area contributed by atoms with E-state index in [1.54, 1.807) is 33.8 Å². The van der Waals surface area contributed by atoms with Crippen LogP contribution in [0.15, 0.2) is 10.4 Å². The van der Waals surface area contributed by atoms with Crippen molar-refractivity contribution in [1.29, 1.82) is 0 Å². The molecule has 0 radical (unpaired) electrons. The number of epoxide rings is 1. The van der Waals surface area contributed by atoms with Crippen LogP contribution in [0.4, 0.5) is 0 Å². The third kappa shape index (κ3) is 6.70. The van der Waals surface area contributed by atoms with Crippen LogP contribution < -0.4 is 0 Å². The molecule has 3 rings (SSSR count). The minimum absolute atomic E-state index is 0.210. The number of carbonyl (C=O) groups is 2. The summed E-state index contributed by atoms with van der Waals surface area (Å²) in [6.07, 6.45) is -1.80. The van der Waals surface area contributed by atoms with Crippen LogP contribution >= 0.6 is 22.9 Å². The first kappa shape index (κ1) is 28.2. The van der Waals surface area contributed by atoms with Crippen molar-refractivity contribution in [2.24, 2.45) is 11.3 Å². The highest BCUT2D eigenvalue weighted by molar-refractivity contribution is 7.09. The number of hydrogen-bond donors (Lipinski definition) is 2. The van der Waals surface area contributed by atoms with E-state index < -0.39 is 53.7 Å². The predicted octanol–water partition coefficient (Wildman–Crippen LogP) is 3.64. The largest absolute Gasteiger partial charge is 0.456 e. The van der Waals surface area contributed by atoms with Gasteiger partial charge in [-0.2, -0.15) is 0 Å². The predicted molar refractivity (Wildman–Crippen MR) is 133 cm³/mol. The number of thiazole rings is 1. The number of esters is 1. The van der Waals surface area contributed by atoms with Gasteiger partial charge < -0.3 is 24.4 Å². The van der Waals surface area contributed by atoms with Gasteiger partial charge in [-0.05, 0) is 26.8 Å². The zero-order chi connectivity index (χ0) is 26.1. The zero-order valence-corrected chi connectivity index (χ0v) is 22.7. The molecule has 8 nitrogen and oxygen atoms in total. The molecule has 196 valence electrons. The maximum absolute atomic E-state index is 13.1. The Hall–Kier alpha value is -1.36. The number of fused-ring (bicyclic) bond motifs is 1. The van der Waals surface area contributed by atoms with Crippen molar-refractivity contribution in [1.82, 2.24) is 4.98 Å². The molecule has 2 saturated heterocycles. The summed E-state index contributed by atoms with van der Waals surface area (Å²) in [6.45, 7) is 10.6. The third-order valence-corrected chi connectivity index (χ3v) is 8.33. The number of rotatable bonds is 2. The Kier molecular flexibility index (Phi) is 8.82. The lowest BCUT2D eigenvalue weighted by molar-refractivity contribution is -0.155. The van der Waals surface area contributed by atoms with E-state index in [9.17, 15) is 19.8 Å². The minimum atomic E-state index is -1.31. The van der Waals surface area contributed by atoms with E-state index in [4.69, 9.17) is 25.8 Å². The summed E-state index contributed by atoms with van der Waals surface area (Å²) >= 11 is 8.08. The maximum atomic E-state index is 13.1. The summed E-state index contributed by atoms with van der Waals surface area (Å²) in [7, 11) is 0. The molecule has 35 heavy (non-hydrogen) atoms. The number of ether oxygens (including phenoxy) is 3. The lowest BCUT2D eigenvalue weighted by Gasteiger charge is -2.34. The lowest BCUT2D eigenvalue weighted by Crippen LogP contribution is -2.47. The number of aromatic nitrogens is 1. The Morgan fingerprint density at radius 2 is 1.94 bits per heavy atom. The molecule has 2 aliphatic rings. The van der Waals surface area contributed by atoms with Crippen molar-refractivity contribution >= 4 is 40.8 Å². The van der Waals surface area contributed by atoms with E-state index in [0.29, 0.717) is 30.2 Å². The molecule has 1 aromatic rings. The first-order chi connectivity index (χ1) is 16.2. The Labute approximate surface area is 215 Å². The van der Waals surface area contributed by atoms with E-state index in [0.717, 1.165) is 5.01 Å². The molecular weight excluding hydrogens is 494 g/mol. The molecule has 0 aliphatic carbocycles. The van der Waals surface area contributed by atoms with Crippen LogP contribution in [-0.2, 0) is 23.8 Å². The minimum Gasteiger partial charge on any atom is -0.456 e. The Balaban J connectivity index is 1.85. The molecule has 0 saturated carbocycles. The number of aliphatic hydroxyl groups excluding tert-OH is 2. The highest BCUT2D eigenvalue weighted by Gasteiger charge is 2.53. The number of halogens is 1. The van der Waals surface area contributed by atoms with Crippen molar-refractivity contribution in [2.45, 2.75) is 96.9 Å². The third-order valence-electron chi connectivity index (χ3n) is 7.18. The van der Waals surface area contributed by atoms with Gasteiger partial charge in [-0.15, -0.1) is 11.3 Å². The SMILES string of the molecule is Cc1nc(C=C(Cl)[C@@H]2C[C@@H]3O[C@]3(C)CCO[C@H](C)[C@@H](O)[C@@H](C)C(=O)C(C)(C)[C@@H](O)CC(=O)O2)cs1. The van der Waals surface area contributed by atoms with Crippen molar-refractivity contribution in [3.63, 3.8) is 0 Å². The summed E-state index contributed by atoms with van der Waals surface area (Å²) in [4.78, 5) is 30.4. The summed E-state index contributed by atoms with van der Waals surface area (Å²) in [5, 5.41) is 24.5. The summed E-state index contributed by atoms with van der Waals surface area (Å²) in [5.41, 5.74) is -1.10. The van der Waals surface area contributed by atoms with Crippen LogP contribution in [0.1, 0.15) is 64.6 Å². The molecule has 10 heteroatoms. The highest BCUT2D eigenvalue weighted by atomic mass is 35.5. The number of hydrogen-bond acceptors (Lipinski definition) is 9. The van der Waals surface area contributed by atoms with E-state index in [1.807, 2.05) is 19.2 Å². The molecule has 1 aromatic heterocycles. The fourth-order valence-electron chi connectivity index (χ4n) is 4.38. The number of aryl methyl sites for hydroxylation is 1. The van der Waals surface area contributed by atoms with Gasteiger partial charge >= 0.3 is 5.97 Å². The van der Waals surface area contributed by atoms with Gasteiger partial charge in [0.25, 0.3) is 0 Å². The quantitative estimate of drug-likeness (QED) is 0.440. The monoisotopic (exact) mass is 529 g/mol. The van der Waals surface area contributed by atoms with Crippen molar-refractivity contribution in [3.05, 3.63) is 21.1 Å².